The molecule has 0 N–H and O–H groups in total. The van der Waals surface area contributed by atoms with Gasteiger partial charge in [-0.25, -0.2) is 0 Å². The number of halogens is 1. The van der Waals surface area contributed by atoms with Gasteiger partial charge < -0.3 is 4.74 Å². The minimum atomic E-state index is 0.117. The molecule has 0 saturated heterocycles. The smallest absolute Gasteiger partial charge is 0.126 e. The molecule has 0 atom stereocenters. The number of ether oxygens (including phenoxy) is 1. The summed E-state index contributed by atoms with van der Waals surface area (Å²) in [7, 11) is 0. The fourth-order valence-electron chi connectivity index (χ4n) is 1.41. The predicted molar refractivity (Wildman–Crippen MR) is 62.5 cm³/mol. The summed E-state index contributed by atoms with van der Waals surface area (Å²) in [6.07, 6.45) is 4.33. The molecule has 1 nitrogen and oxygen atoms in total. The van der Waals surface area contributed by atoms with E-state index in [4.69, 9.17) is 4.74 Å². The van der Waals surface area contributed by atoms with Crippen molar-refractivity contribution in [3.05, 3.63) is 34.3 Å². The summed E-state index contributed by atoms with van der Waals surface area (Å²) < 4.78 is 6.82. The number of hydrogen-bond donors (Lipinski definition) is 0. The molecule has 0 aliphatic carbocycles. The molecule has 74 valence electrons. The van der Waals surface area contributed by atoms with Crippen molar-refractivity contribution < 1.29 is 4.74 Å². The molecule has 0 spiro atoms. The summed E-state index contributed by atoms with van der Waals surface area (Å²) in [6.45, 7) is 5.08. The van der Waals surface area contributed by atoms with Gasteiger partial charge in [-0.3, -0.25) is 0 Å². The molecule has 0 aromatic heterocycles. The van der Waals surface area contributed by atoms with Crippen molar-refractivity contribution in [3.8, 4) is 5.75 Å². The zero-order valence-corrected chi connectivity index (χ0v) is 9.97. The Bertz CT molecular complexity index is 380. The minimum Gasteiger partial charge on any atom is -0.492 e. The lowest BCUT2D eigenvalue weighted by Crippen LogP contribution is -2.17. The third-order valence-electron chi connectivity index (χ3n) is 2.29. The SMILES string of the molecule is CC1(C)C=Cc2cc(Br)ccc2OC1. The fraction of sp³-hybridized carbons (Fsp3) is 0.333. The van der Waals surface area contributed by atoms with Crippen LogP contribution in [0.2, 0.25) is 0 Å². The average Bonchev–Trinajstić information content (AvgIpc) is 2.26. The summed E-state index contributed by atoms with van der Waals surface area (Å²) in [5, 5.41) is 0. The number of fused-ring (bicyclic) bond motifs is 1. The van der Waals surface area contributed by atoms with Gasteiger partial charge in [-0.05, 0) is 18.2 Å². The zero-order valence-electron chi connectivity index (χ0n) is 8.38. The molecular formula is C12H13BrO. The van der Waals surface area contributed by atoms with Gasteiger partial charge in [0.05, 0.1) is 6.61 Å². The van der Waals surface area contributed by atoms with E-state index in [0.29, 0.717) is 0 Å². The lowest BCUT2D eigenvalue weighted by Gasteiger charge is -2.18. The second-order valence-corrected chi connectivity index (χ2v) is 5.21. The van der Waals surface area contributed by atoms with Crippen LogP contribution < -0.4 is 4.74 Å². The third kappa shape index (κ3) is 2.01. The maximum absolute atomic E-state index is 5.74. The molecule has 1 heterocycles. The zero-order chi connectivity index (χ0) is 10.2. The van der Waals surface area contributed by atoms with Crippen LogP contribution in [0.3, 0.4) is 0 Å². The Labute approximate surface area is 92.9 Å². The molecule has 0 saturated carbocycles. The largest absolute Gasteiger partial charge is 0.492 e. The van der Waals surface area contributed by atoms with E-state index in [1.807, 2.05) is 12.1 Å². The quantitative estimate of drug-likeness (QED) is 0.681. The Morgan fingerprint density at radius 2 is 2.14 bits per heavy atom. The molecule has 2 heteroatoms. The first-order chi connectivity index (χ1) is 6.57. The van der Waals surface area contributed by atoms with E-state index in [-0.39, 0.29) is 5.41 Å². The van der Waals surface area contributed by atoms with E-state index >= 15 is 0 Å². The first-order valence-electron chi connectivity index (χ1n) is 4.68. The topological polar surface area (TPSA) is 9.23 Å². The molecule has 0 unspecified atom stereocenters. The van der Waals surface area contributed by atoms with Crippen LogP contribution in [0, 0.1) is 5.41 Å². The molecule has 2 rings (SSSR count). The Hall–Kier alpha value is -0.760. The summed E-state index contributed by atoms with van der Waals surface area (Å²) in [5.41, 5.74) is 1.26. The standard InChI is InChI=1S/C12H13BrO/c1-12(2)6-5-9-7-10(13)3-4-11(9)14-8-12/h3-7H,8H2,1-2H3. The fourth-order valence-corrected chi connectivity index (χ4v) is 1.79. The van der Waals surface area contributed by atoms with Crippen molar-refractivity contribution in [2.45, 2.75) is 13.8 Å². The first-order valence-corrected chi connectivity index (χ1v) is 5.48. The maximum Gasteiger partial charge on any atom is 0.126 e. The molecule has 1 aromatic rings. The van der Waals surface area contributed by atoms with Crippen LogP contribution >= 0.6 is 15.9 Å². The number of benzene rings is 1. The molecule has 0 amide bonds. The number of rotatable bonds is 0. The first kappa shape index (κ1) is 9.78. The van der Waals surface area contributed by atoms with Gasteiger partial charge in [0.15, 0.2) is 0 Å². The highest BCUT2D eigenvalue weighted by Crippen LogP contribution is 2.31. The van der Waals surface area contributed by atoms with Crippen LogP contribution in [0.25, 0.3) is 6.08 Å². The lowest BCUT2D eigenvalue weighted by atomic mass is 9.94. The van der Waals surface area contributed by atoms with Gasteiger partial charge in [0.2, 0.25) is 0 Å². The van der Waals surface area contributed by atoms with E-state index in [0.717, 1.165) is 22.4 Å². The van der Waals surface area contributed by atoms with Gasteiger partial charge in [-0.1, -0.05) is 41.9 Å². The molecule has 1 aromatic carbocycles. The molecule has 1 aliphatic rings. The van der Waals surface area contributed by atoms with Crippen LogP contribution in [-0.2, 0) is 0 Å². The molecular weight excluding hydrogens is 240 g/mol. The second-order valence-electron chi connectivity index (χ2n) is 4.29. The molecule has 0 radical (unpaired) electrons. The van der Waals surface area contributed by atoms with Crippen LogP contribution in [0.15, 0.2) is 28.7 Å². The highest BCUT2D eigenvalue weighted by molar-refractivity contribution is 9.10. The maximum atomic E-state index is 5.74. The van der Waals surface area contributed by atoms with Gasteiger partial charge in [0.25, 0.3) is 0 Å². The van der Waals surface area contributed by atoms with Crippen molar-refractivity contribution in [1.82, 2.24) is 0 Å². The molecule has 0 fully saturated rings. The minimum absolute atomic E-state index is 0.117. The van der Waals surface area contributed by atoms with Crippen molar-refractivity contribution >= 4 is 22.0 Å². The van der Waals surface area contributed by atoms with Gasteiger partial charge in [-0.2, -0.15) is 0 Å². The highest BCUT2D eigenvalue weighted by Gasteiger charge is 2.18. The predicted octanol–water partition coefficient (Wildman–Crippen LogP) is 3.88. The van der Waals surface area contributed by atoms with E-state index in [2.05, 4.69) is 48.0 Å². The average molecular weight is 253 g/mol. The highest BCUT2D eigenvalue weighted by atomic mass is 79.9. The van der Waals surface area contributed by atoms with E-state index < -0.39 is 0 Å². The van der Waals surface area contributed by atoms with Crippen LogP contribution in [0.5, 0.6) is 5.75 Å². The van der Waals surface area contributed by atoms with Crippen molar-refractivity contribution in [1.29, 1.82) is 0 Å². The Kier molecular flexibility index (Phi) is 2.40. The monoisotopic (exact) mass is 252 g/mol. The number of hydrogen-bond acceptors (Lipinski definition) is 1. The van der Waals surface area contributed by atoms with Crippen LogP contribution in [-0.4, -0.2) is 6.61 Å². The van der Waals surface area contributed by atoms with Gasteiger partial charge in [-0.15, -0.1) is 0 Å². The van der Waals surface area contributed by atoms with E-state index in [1.54, 1.807) is 0 Å². The van der Waals surface area contributed by atoms with Crippen molar-refractivity contribution in [2.75, 3.05) is 6.61 Å². The van der Waals surface area contributed by atoms with Crippen molar-refractivity contribution in [2.24, 2.45) is 5.41 Å². The third-order valence-corrected chi connectivity index (χ3v) is 2.78. The molecule has 0 bridgehead atoms. The summed E-state index contributed by atoms with van der Waals surface area (Å²) in [6, 6.07) is 6.09. The summed E-state index contributed by atoms with van der Waals surface area (Å²) >= 11 is 3.45. The molecule has 1 aliphatic heterocycles. The van der Waals surface area contributed by atoms with Gasteiger partial charge >= 0.3 is 0 Å². The van der Waals surface area contributed by atoms with Crippen LogP contribution in [0.4, 0.5) is 0 Å². The summed E-state index contributed by atoms with van der Waals surface area (Å²) in [4.78, 5) is 0. The van der Waals surface area contributed by atoms with Crippen LogP contribution in [0.1, 0.15) is 19.4 Å². The van der Waals surface area contributed by atoms with Gasteiger partial charge in [0.1, 0.15) is 5.75 Å². The Morgan fingerprint density at radius 1 is 1.36 bits per heavy atom. The Morgan fingerprint density at radius 3 is 2.93 bits per heavy atom. The normalized spacial score (nSPS) is 18.2. The van der Waals surface area contributed by atoms with Crippen molar-refractivity contribution in [3.63, 3.8) is 0 Å². The van der Waals surface area contributed by atoms with Gasteiger partial charge in [0, 0.05) is 15.5 Å². The molecule has 14 heavy (non-hydrogen) atoms. The van der Waals surface area contributed by atoms with E-state index in [1.165, 1.54) is 0 Å². The van der Waals surface area contributed by atoms with E-state index in [9.17, 15) is 0 Å². The lowest BCUT2D eigenvalue weighted by molar-refractivity contribution is 0.225. The summed E-state index contributed by atoms with van der Waals surface area (Å²) in [5.74, 6) is 0.968. The Balaban J connectivity index is 2.42. The second kappa shape index (κ2) is 3.43.